The number of aliphatic carboxylic acids is 1. The Kier molecular flexibility index (Phi) is 3.60. The monoisotopic (exact) mass is 299 g/mol. The highest BCUT2D eigenvalue weighted by atomic mass is 35.5. The van der Waals surface area contributed by atoms with Gasteiger partial charge in [0.05, 0.1) is 5.69 Å². The molecule has 0 aliphatic carbocycles. The summed E-state index contributed by atoms with van der Waals surface area (Å²) in [5.74, 6) is -1.44. The standard InChI is InChI=1S/C13H11ClFNO2S/c1-13(2,12(17)18)10-6-19-11(16-10)8-4-3-7(14)5-9(8)15/h3-6H,1-2H3,(H,17,18). The van der Waals surface area contributed by atoms with Crippen LogP contribution in [0.1, 0.15) is 19.5 Å². The van der Waals surface area contributed by atoms with Crippen molar-refractivity contribution in [2.45, 2.75) is 19.3 Å². The number of benzene rings is 1. The Morgan fingerprint density at radius 1 is 1.47 bits per heavy atom. The molecule has 3 nitrogen and oxygen atoms in total. The molecule has 100 valence electrons. The summed E-state index contributed by atoms with van der Waals surface area (Å²) < 4.78 is 13.8. The number of rotatable bonds is 3. The summed E-state index contributed by atoms with van der Waals surface area (Å²) in [6, 6.07) is 4.32. The van der Waals surface area contributed by atoms with Gasteiger partial charge < -0.3 is 5.11 Å². The van der Waals surface area contributed by atoms with E-state index in [0.717, 1.165) is 0 Å². The summed E-state index contributed by atoms with van der Waals surface area (Å²) in [5, 5.41) is 11.5. The Bertz CT molecular complexity index is 639. The van der Waals surface area contributed by atoms with Crippen molar-refractivity contribution < 1.29 is 14.3 Å². The molecule has 0 fully saturated rings. The zero-order valence-corrected chi connectivity index (χ0v) is 11.8. The second-order valence-electron chi connectivity index (χ2n) is 4.59. The van der Waals surface area contributed by atoms with Crippen LogP contribution < -0.4 is 0 Å². The van der Waals surface area contributed by atoms with Gasteiger partial charge in [0.1, 0.15) is 16.2 Å². The maximum atomic E-state index is 13.8. The van der Waals surface area contributed by atoms with Crippen molar-refractivity contribution >= 4 is 28.9 Å². The van der Waals surface area contributed by atoms with Gasteiger partial charge >= 0.3 is 5.97 Å². The molecule has 0 spiro atoms. The Morgan fingerprint density at radius 3 is 2.74 bits per heavy atom. The summed E-state index contributed by atoms with van der Waals surface area (Å²) >= 11 is 6.90. The Balaban J connectivity index is 2.44. The molecule has 2 aromatic rings. The average Bonchev–Trinajstić information content (AvgIpc) is 2.78. The van der Waals surface area contributed by atoms with Gasteiger partial charge in [-0.25, -0.2) is 9.37 Å². The highest BCUT2D eigenvalue weighted by Gasteiger charge is 2.32. The molecule has 0 radical (unpaired) electrons. The first kappa shape index (κ1) is 14.0. The molecule has 0 unspecified atom stereocenters. The van der Waals surface area contributed by atoms with Crippen LogP contribution in [0.4, 0.5) is 4.39 Å². The fraction of sp³-hybridized carbons (Fsp3) is 0.231. The highest BCUT2D eigenvalue weighted by Crippen LogP contribution is 2.32. The lowest BCUT2D eigenvalue weighted by Crippen LogP contribution is -2.28. The normalized spacial score (nSPS) is 11.6. The molecule has 1 aromatic carbocycles. The SMILES string of the molecule is CC(C)(C(=O)O)c1csc(-c2ccc(Cl)cc2F)n1. The molecule has 0 bridgehead atoms. The number of halogens is 2. The van der Waals surface area contributed by atoms with Gasteiger partial charge in [-0.05, 0) is 32.0 Å². The molecule has 19 heavy (non-hydrogen) atoms. The van der Waals surface area contributed by atoms with Crippen LogP contribution in [-0.4, -0.2) is 16.1 Å². The largest absolute Gasteiger partial charge is 0.481 e. The van der Waals surface area contributed by atoms with E-state index in [4.69, 9.17) is 16.7 Å². The van der Waals surface area contributed by atoms with E-state index in [0.29, 0.717) is 21.3 Å². The minimum absolute atomic E-state index is 0.309. The van der Waals surface area contributed by atoms with Gasteiger partial charge in [0.25, 0.3) is 0 Å². The summed E-state index contributed by atoms with van der Waals surface area (Å²) in [6.45, 7) is 3.12. The minimum Gasteiger partial charge on any atom is -0.481 e. The molecule has 1 aromatic heterocycles. The molecule has 2 rings (SSSR count). The highest BCUT2D eigenvalue weighted by molar-refractivity contribution is 7.13. The zero-order chi connectivity index (χ0) is 14.2. The van der Waals surface area contributed by atoms with Crippen LogP contribution in [0, 0.1) is 5.82 Å². The quantitative estimate of drug-likeness (QED) is 0.933. The van der Waals surface area contributed by atoms with Gasteiger partial charge in [0.15, 0.2) is 0 Å². The van der Waals surface area contributed by atoms with Crippen LogP contribution >= 0.6 is 22.9 Å². The number of carbonyl (C=O) groups is 1. The van der Waals surface area contributed by atoms with Crippen LogP contribution in [0.5, 0.6) is 0 Å². The topological polar surface area (TPSA) is 50.2 Å². The maximum absolute atomic E-state index is 13.8. The number of carboxylic acids is 1. The molecule has 1 heterocycles. The minimum atomic E-state index is -1.10. The zero-order valence-electron chi connectivity index (χ0n) is 10.3. The van der Waals surface area contributed by atoms with Crippen LogP contribution in [0.25, 0.3) is 10.6 Å². The number of hydrogen-bond donors (Lipinski definition) is 1. The van der Waals surface area contributed by atoms with Crippen LogP contribution in [0.3, 0.4) is 0 Å². The van der Waals surface area contributed by atoms with Gasteiger partial charge in [0, 0.05) is 16.0 Å². The van der Waals surface area contributed by atoms with Gasteiger partial charge in [-0.1, -0.05) is 11.6 Å². The van der Waals surface area contributed by atoms with E-state index < -0.39 is 17.2 Å². The Labute approximate surface area is 118 Å². The summed E-state index contributed by atoms with van der Waals surface area (Å²) in [4.78, 5) is 15.4. The fourth-order valence-electron chi connectivity index (χ4n) is 1.46. The van der Waals surface area contributed by atoms with Crippen LogP contribution in [-0.2, 0) is 10.2 Å². The second kappa shape index (κ2) is 4.90. The summed E-state index contributed by atoms with van der Waals surface area (Å²) in [5.41, 5.74) is -0.367. The maximum Gasteiger partial charge on any atom is 0.315 e. The van der Waals surface area contributed by atoms with Crippen molar-refractivity contribution in [2.75, 3.05) is 0 Å². The summed E-state index contributed by atoms with van der Waals surface area (Å²) in [6.07, 6.45) is 0. The molecule has 0 saturated heterocycles. The number of carboxylic acid groups (broad SMARTS) is 1. The lowest BCUT2D eigenvalue weighted by atomic mass is 9.90. The van der Waals surface area contributed by atoms with Gasteiger partial charge in [-0.15, -0.1) is 11.3 Å². The third kappa shape index (κ3) is 2.62. The molecular weight excluding hydrogens is 289 g/mol. The predicted molar refractivity (Wildman–Crippen MR) is 73.2 cm³/mol. The van der Waals surface area contributed by atoms with Crippen molar-refractivity contribution in [1.29, 1.82) is 0 Å². The van der Waals surface area contributed by atoms with E-state index in [9.17, 15) is 9.18 Å². The average molecular weight is 300 g/mol. The first-order valence-corrected chi connectivity index (χ1v) is 6.73. The number of hydrogen-bond acceptors (Lipinski definition) is 3. The third-order valence-corrected chi connectivity index (χ3v) is 3.95. The van der Waals surface area contributed by atoms with E-state index in [1.165, 1.54) is 23.5 Å². The van der Waals surface area contributed by atoms with E-state index in [-0.39, 0.29) is 0 Å². The predicted octanol–water partition coefficient (Wildman–Crippen LogP) is 3.96. The first-order valence-electron chi connectivity index (χ1n) is 5.47. The molecule has 6 heteroatoms. The molecule has 0 aliphatic heterocycles. The van der Waals surface area contributed by atoms with Gasteiger partial charge in [0.2, 0.25) is 0 Å². The van der Waals surface area contributed by atoms with Crippen LogP contribution in [0.15, 0.2) is 23.6 Å². The van der Waals surface area contributed by atoms with E-state index in [1.54, 1.807) is 25.3 Å². The second-order valence-corrected chi connectivity index (χ2v) is 5.89. The molecule has 0 saturated carbocycles. The van der Waals surface area contributed by atoms with E-state index in [1.807, 2.05) is 0 Å². The Morgan fingerprint density at radius 2 is 2.16 bits per heavy atom. The summed E-state index contributed by atoms with van der Waals surface area (Å²) in [7, 11) is 0. The number of thiazole rings is 1. The van der Waals surface area contributed by atoms with Gasteiger partial charge in [-0.2, -0.15) is 0 Å². The number of nitrogens with zero attached hydrogens (tertiary/aromatic N) is 1. The van der Waals surface area contributed by atoms with Crippen LogP contribution in [0.2, 0.25) is 5.02 Å². The van der Waals surface area contributed by atoms with E-state index in [2.05, 4.69) is 4.98 Å². The molecule has 0 amide bonds. The van der Waals surface area contributed by atoms with E-state index >= 15 is 0 Å². The van der Waals surface area contributed by atoms with Crippen molar-refractivity contribution in [3.63, 3.8) is 0 Å². The smallest absolute Gasteiger partial charge is 0.315 e. The first-order chi connectivity index (χ1) is 8.82. The lowest BCUT2D eigenvalue weighted by Gasteiger charge is -2.15. The van der Waals surface area contributed by atoms with Gasteiger partial charge in [-0.3, -0.25) is 4.79 Å². The van der Waals surface area contributed by atoms with Crippen molar-refractivity contribution in [3.8, 4) is 10.6 Å². The molecule has 0 atom stereocenters. The third-order valence-electron chi connectivity index (χ3n) is 2.84. The molecule has 1 N–H and O–H groups in total. The fourth-order valence-corrected chi connectivity index (χ4v) is 2.63. The Hall–Kier alpha value is -1.46. The number of aromatic nitrogens is 1. The van der Waals surface area contributed by atoms with Crippen molar-refractivity contribution in [1.82, 2.24) is 4.98 Å². The molecular formula is C13H11ClFNO2S. The molecule has 0 aliphatic rings. The van der Waals surface area contributed by atoms with Crippen molar-refractivity contribution in [2.24, 2.45) is 0 Å². The lowest BCUT2D eigenvalue weighted by molar-refractivity contribution is -0.142. The van der Waals surface area contributed by atoms with Crippen molar-refractivity contribution in [3.05, 3.63) is 40.1 Å².